The number of rotatable bonds is 3. The van der Waals surface area contributed by atoms with E-state index in [2.05, 4.69) is 9.79 Å². The lowest BCUT2D eigenvalue weighted by Gasteiger charge is -2.01. The predicted octanol–water partition coefficient (Wildman–Crippen LogP) is 0.892. The van der Waals surface area contributed by atoms with E-state index < -0.39 is 10.7 Å². The third-order valence-electron chi connectivity index (χ3n) is 2.11. The van der Waals surface area contributed by atoms with E-state index in [0.717, 1.165) is 0 Å². The topological polar surface area (TPSA) is 105 Å². The third-order valence-corrected chi connectivity index (χ3v) is 2.11. The van der Waals surface area contributed by atoms with E-state index in [1.54, 1.807) is 12.1 Å². The summed E-state index contributed by atoms with van der Waals surface area (Å²) in [5.74, 6) is -0.161. The van der Waals surface area contributed by atoms with Gasteiger partial charge in [0.15, 0.2) is 0 Å². The van der Waals surface area contributed by atoms with Crippen LogP contribution in [0.5, 0.6) is 5.75 Å². The van der Waals surface area contributed by atoms with Gasteiger partial charge < -0.3 is 20.1 Å². The van der Waals surface area contributed by atoms with Crippen LogP contribution in [0.3, 0.4) is 0 Å². The van der Waals surface area contributed by atoms with E-state index in [-0.39, 0.29) is 10.6 Å². The van der Waals surface area contributed by atoms with Crippen LogP contribution >= 0.6 is 0 Å². The van der Waals surface area contributed by atoms with Gasteiger partial charge in [0.25, 0.3) is 5.69 Å². The second-order valence-corrected chi connectivity index (χ2v) is 3.09. The Morgan fingerprint density at radius 2 is 2.29 bits per heavy atom. The summed E-state index contributed by atoms with van der Waals surface area (Å²) < 4.78 is 9.17. The van der Waals surface area contributed by atoms with Gasteiger partial charge in [-0.3, -0.25) is 4.63 Å². The maximum atomic E-state index is 11.3. The fourth-order valence-electron chi connectivity index (χ4n) is 1.37. The van der Waals surface area contributed by atoms with Gasteiger partial charge >= 0.3 is 5.82 Å². The van der Waals surface area contributed by atoms with Gasteiger partial charge in [-0.2, -0.15) is 0 Å². The van der Waals surface area contributed by atoms with Crippen LogP contribution in [-0.4, -0.2) is 17.2 Å². The summed E-state index contributed by atoms with van der Waals surface area (Å²) in [5.41, 5.74) is 0.0428. The SMILES string of the molecule is COc1cccc(-c2c([N+](=O)[O-])no[n+]2[O-])c1. The summed E-state index contributed by atoms with van der Waals surface area (Å²) in [6.45, 7) is 0. The summed E-state index contributed by atoms with van der Waals surface area (Å²) in [7, 11) is 1.45. The van der Waals surface area contributed by atoms with Crippen molar-refractivity contribution in [1.82, 2.24) is 5.16 Å². The van der Waals surface area contributed by atoms with E-state index in [1.165, 1.54) is 19.2 Å². The van der Waals surface area contributed by atoms with E-state index in [9.17, 15) is 15.3 Å². The second-order valence-electron chi connectivity index (χ2n) is 3.09. The van der Waals surface area contributed by atoms with Crippen LogP contribution in [0, 0.1) is 15.3 Å². The highest BCUT2D eigenvalue weighted by molar-refractivity contribution is 5.65. The summed E-state index contributed by atoms with van der Waals surface area (Å²) in [4.78, 5) is 9.87. The number of nitrogens with zero attached hydrogens (tertiary/aromatic N) is 3. The van der Waals surface area contributed by atoms with Crippen LogP contribution < -0.4 is 9.64 Å². The Hall–Kier alpha value is -2.64. The Morgan fingerprint density at radius 1 is 1.53 bits per heavy atom. The van der Waals surface area contributed by atoms with Gasteiger partial charge in [-0.05, 0) is 28.0 Å². The molecule has 0 amide bonds. The van der Waals surface area contributed by atoms with Crippen LogP contribution in [0.1, 0.15) is 0 Å². The fraction of sp³-hybridized carbons (Fsp3) is 0.111. The highest BCUT2D eigenvalue weighted by Crippen LogP contribution is 2.27. The molecule has 0 saturated heterocycles. The Balaban J connectivity index is 2.59. The van der Waals surface area contributed by atoms with E-state index in [0.29, 0.717) is 11.3 Å². The molecule has 8 heteroatoms. The van der Waals surface area contributed by atoms with Gasteiger partial charge in [-0.15, -0.1) is 0 Å². The largest absolute Gasteiger partial charge is 0.497 e. The molecule has 1 heterocycles. The van der Waals surface area contributed by atoms with E-state index in [4.69, 9.17) is 4.74 Å². The minimum Gasteiger partial charge on any atom is -0.497 e. The molecule has 0 aliphatic carbocycles. The molecule has 88 valence electrons. The van der Waals surface area contributed by atoms with Crippen molar-refractivity contribution < 1.29 is 19.2 Å². The van der Waals surface area contributed by atoms with Crippen LogP contribution in [0.15, 0.2) is 28.9 Å². The molecule has 0 radical (unpaired) electrons. The van der Waals surface area contributed by atoms with Crippen molar-refractivity contribution in [2.75, 3.05) is 7.11 Å². The molecule has 2 aromatic rings. The van der Waals surface area contributed by atoms with Gasteiger partial charge in [0, 0.05) is 5.56 Å². The molecule has 0 fully saturated rings. The van der Waals surface area contributed by atoms with Crippen LogP contribution in [-0.2, 0) is 0 Å². The standard InChI is InChI=1S/C9H7N3O5/c1-16-7-4-2-3-6(5-7)8-9(11(13)14)10-17-12(8)15/h2-5H,1H3. The van der Waals surface area contributed by atoms with Gasteiger partial charge in [0.2, 0.25) is 0 Å². The first kappa shape index (κ1) is 10.9. The predicted molar refractivity (Wildman–Crippen MR) is 54.1 cm³/mol. The first-order chi connectivity index (χ1) is 8.13. The first-order valence-corrected chi connectivity index (χ1v) is 4.52. The van der Waals surface area contributed by atoms with Crippen molar-refractivity contribution in [3.63, 3.8) is 0 Å². The molecule has 2 rings (SSSR count). The van der Waals surface area contributed by atoms with Crippen molar-refractivity contribution in [3.05, 3.63) is 39.6 Å². The smallest absolute Gasteiger partial charge is 0.440 e. The van der Waals surface area contributed by atoms with Crippen molar-refractivity contribution in [2.24, 2.45) is 0 Å². The van der Waals surface area contributed by atoms with Gasteiger partial charge in [0.05, 0.1) is 12.3 Å². The maximum Gasteiger partial charge on any atom is 0.440 e. The number of benzene rings is 1. The summed E-state index contributed by atoms with van der Waals surface area (Å²) >= 11 is 0. The molecule has 0 unspecified atom stereocenters. The molecule has 0 N–H and O–H groups in total. The maximum absolute atomic E-state index is 11.3. The molecule has 0 saturated carbocycles. The monoisotopic (exact) mass is 237 g/mol. The first-order valence-electron chi connectivity index (χ1n) is 4.52. The van der Waals surface area contributed by atoms with Crippen molar-refractivity contribution in [2.45, 2.75) is 0 Å². The second kappa shape index (κ2) is 4.08. The van der Waals surface area contributed by atoms with E-state index >= 15 is 0 Å². The average Bonchev–Trinajstić information content (AvgIpc) is 2.71. The normalized spacial score (nSPS) is 10.2. The quantitative estimate of drug-likeness (QED) is 0.446. The number of hydrogen-bond donors (Lipinski definition) is 0. The highest BCUT2D eigenvalue weighted by atomic mass is 16.8. The lowest BCUT2D eigenvalue weighted by molar-refractivity contribution is -0.793. The van der Waals surface area contributed by atoms with Gasteiger partial charge in [-0.25, -0.2) is 0 Å². The molecule has 0 aliphatic heterocycles. The number of ether oxygens (including phenoxy) is 1. The summed E-state index contributed by atoms with van der Waals surface area (Å²) in [5, 5.41) is 25.0. The molecule has 17 heavy (non-hydrogen) atoms. The molecule has 0 atom stereocenters. The van der Waals surface area contributed by atoms with Crippen molar-refractivity contribution in [1.29, 1.82) is 0 Å². The Morgan fingerprint density at radius 3 is 2.94 bits per heavy atom. The fourth-order valence-corrected chi connectivity index (χ4v) is 1.37. The van der Waals surface area contributed by atoms with Crippen LogP contribution in [0.25, 0.3) is 11.3 Å². The Labute approximate surface area is 94.7 Å². The number of methoxy groups -OCH3 is 1. The molecule has 8 nitrogen and oxygen atoms in total. The van der Waals surface area contributed by atoms with Crippen molar-refractivity contribution >= 4 is 5.82 Å². The summed E-state index contributed by atoms with van der Waals surface area (Å²) in [6.07, 6.45) is 0. The molecular weight excluding hydrogens is 230 g/mol. The molecule has 0 spiro atoms. The third kappa shape index (κ3) is 1.87. The van der Waals surface area contributed by atoms with Gasteiger partial charge in [-0.1, -0.05) is 6.07 Å². The van der Waals surface area contributed by atoms with Gasteiger partial charge in [0.1, 0.15) is 5.75 Å². The highest BCUT2D eigenvalue weighted by Gasteiger charge is 2.26. The van der Waals surface area contributed by atoms with Crippen LogP contribution in [0.4, 0.5) is 5.82 Å². The average molecular weight is 237 g/mol. The Bertz CT molecular complexity index is 566. The molecular formula is C9H7N3O5. The minimum absolute atomic E-state index is 0.00704. The zero-order valence-corrected chi connectivity index (χ0v) is 8.69. The Kier molecular flexibility index (Phi) is 2.61. The molecule has 1 aromatic heterocycles. The number of aromatic nitrogens is 2. The summed E-state index contributed by atoms with van der Waals surface area (Å²) in [6, 6.07) is 6.26. The van der Waals surface area contributed by atoms with E-state index in [1.807, 2.05) is 0 Å². The molecule has 0 aliphatic rings. The number of hydrogen-bond acceptors (Lipinski definition) is 6. The number of nitro groups is 1. The molecule has 0 bridgehead atoms. The lowest BCUT2D eigenvalue weighted by atomic mass is 10.1. The zero-order chi connectivity index (χ0) is 12.4. The molecule has 1 aromatic carbocycles. The zero-order valence-electron chi connectivity index (χ0n) is 8.69. The lowest BCUT2D eigenvalue weighted by Crippen LogP contribution is -2.25. The minimum atomic E-state index is -0.785. The van der Waals surface area contributed by atoms with Crippen LogP contribution in [0.2, 0.25) is 0 Å². The van der Waals surface area contributed by atoms with Crippen molar-refractivity contribution in [3.8, 4) is 17.0 Å².